The van der Waals surface area contributed by atoms with Gasteiger partial charge in [-0.05, 0) is 17.7 Å². The van der Waals surface area contributed by atoms with Gasteiger partial charge in [0.1, 0.15) is 11.5 Å². The average molecular weight is 345 g/mol. The van der Waals surface area contributed by atoms with Gasteiger partial charge in [-0.15, -0.1) is 0 Å². The maximum atomic E-state index is 11.9. The highest BCUT2D eigenvalue weighted by Gasteiger charge is 2.09. The summed E-state index contributed by atoms with van der Waals surface area (Å²) in [6, 6.07) is 11.0. The van der Waals surface area contributed by atoms with Gasteiger partial charge in [-0.25, -0.2) is 4.79 Å². The van der Waals surface area contributed by atoms with Crippen molar-refractivity contribution in [1.82, 2.24) is 10.6 Å². The molecule has 0 spiro atoms. The van der Waals surface area contributed by atoms with Crippen LogP contribution in [0.25, 0.3) is 0 Å². The number of rotatable bonds is 7. The zero-order valence-electron chi connectivity index (χ0n) is 13.9. The number of carbonyl (C=O) groups is 1. The smallest absolute Gasteiger partial charge is 0.315 e. The van der Waals surface area contributed by atoms with Gasteiger partial charge in [-0.1, -0.05) is 12.1 Å². The molecule has 0 bridgehead atoms. The van der Waals surface area contributed by atoms with E-state index < -0.39 is 4.92 Å². The average Bonchev–Trinajstić information content (AvgIpc) is 2.64. The van der Waals surface area contributed by atoms with Gasteiger partial charge in [-0.3, -0.25) is 10.1 Å². The molecule has 0 heterocycles. The van der Waals surface area contributed by atoms with E-state index >= 15 is 0 Å². The Hall–Kier alpha value is -3.29. The van der Waals surface area contributed by atoms with E-state index in [1.54, 1.807) is 44.6 Å². The molecule has 8 nitrogen and oxygen atoms in total. The Morgan fingerprint density at radius 2 is 1.84 bits per heavy atom. The highest BCUT2D eigenvalue weighted by molar-refractivity contribution is 5.74. The molecule has 132 valence electrons. The molecule has 0 atom stereocenters. The number of hydrogen-bond acceptors (Lipinski definition) is 5. The summed E-state index contributed by atoms with van der Waals surface area (Å²) in [7, 11) is 3.11. The molecule has 25 heavy (non-hydrogen) atoms. The summed E-state index contributed by atoms with van der Waals surface area (Å²) in [6.45, 7) is 0.460. The Morgan fingerprint density at radius 1 is 1.08 bits per heavy atom. The maximum absolute atomic E-state index is 11.9. The predicted octanol–water partition coefficient (Wildman–Crippen LogP) is 2.61. The summed E-state index contributed by atoms with van der Waals surface area (Å²) in [4.78, 5) is 22.2. The first-order chi connectivity index (χ1) is 12.0. The van der Waals surface area contributed by atoms with Gasteiger partial charge in [0.2, 0.25) is 0 Å². The molecule has 0 saturated heterocycles. The second-order valence-electron chi connectivity index (χ2n) is 5.14. The van der Waals surface area contributed by atoms with Crippen molar-refractivity contribution in [3.8, 4) is 11.5 Å². The van der Waals surface area contributed by atoms with Crippen LogP contribution in [-0.4, -0.2) is 25.2 Å². The predicted molar refractivity (Wildman–Crippen MR) is 91.7 cm³/mol. The van der Waals surface area contributed by atoms with Crippen molar-refractivity contribution in [1.29, 1.82) is 0 Å². The molecule has 2 N–H and O–H groups in total. The topological polar surface area (TPSA) is 103 Å². The molecule has 0 aliphatic carbocycles. The number of hydrogen-bond donors (Lipinski definition) is 2. The lowest BCUT2D eigenvalue weighted by atomic mass is 10.2. The molecular weight excluding hydrogens is 326 g/mol. The molecule has 0 fully saturated rings. The molecule has 2 aromatic rings. The number of nitro groups is 1. The van der Waals surface area contributed by atoms with Crippen LogP contribution in [-0.2, 0) is 13.1 Å². The summed E-state index contributed by atoms with van der Waals surface area (Å²) < 4.78 is 10.4. The van der Waals surface area contributed by atoms with E-state index in [1.807, 2.05) is 0 Å². The van der Waals surface area contributed by atoms with E-state index in [-0.39, 0.29) is 24.8 Å². The van der Waals surface area contributed by atoms with Crippen LogP contribution in [0, 0.1) is 10.1 Å². The highest BCUT2D eigenvalue weighted by atomic mass is 16.6. The molecule has 0 aliphatic rings. The fourth-order valence-electron chi connectivity index (χ4n) is 2.20. The Bertz CT molecular complexity index is 764. The highest BCUT2D eigenvalue weighted by Crippen LogP contribution is 2.24. The minimum atomic E-state index is -0.473. The Balaban J connectivity index is 1.89. The summed E-state index contributed by atoms with van der Waals surface area (Å²) in [5.74, 6) is 1.27. The number of ether oxygens (including phenoxy) is 2. The van der Waals surface area contributed by atoms with Crippen molar-refractivity contribution in [2.75, 3.05) is 14.2 Å². The quantitative estimate of drug-likeness (QED) is 0.593. The van der Waals surface area contributed by atoms with Crippen LogP contribution < -0.4 is 20.1 Å². The van der Waals surface area contributed by atoms with Gasteiger partial charge < -0.3 is 20.1 Å². The third-order valence-corrected chi connectivity index (χ3v) is 3.51. The van der Waals surface area contributed by atoms with Crippen molar-refractivity contribution >= 4 is 11.7 Å². The lowest BCUT2D eigenvalue weighted by Gasteiger charge is -2.12. The molecule has 2 aromatic carbocycles. The molecule has 0 aliphatic heterocycles. The number of nitro benzene ring substituents is 1. The van der Waals surface area contributed by atoms with Crippen LogP contribution in [0.2, 0.25) is 0 Å². The molecule has 2 amide bonds. The van der Waals surface area contributed by atoms with Gasteiger partial charge in [0, 0.05) is 36.9 Å². The lowest BCUT2D eigenvalue weighted by molar-refractivity contribution is -0.384. The van der Waals surface area contributed by atoms with Crippen molar-refractivity contribution in [2.45, 2.75) is 13.1 Å². The molecule has 8 heteroatoms. The molecular formula is C17H19N3O5. The van der Waals surface area contributed by atoms with Crippen LogP contribution >= 0.6 is 0 Å². The van der Waals surface area contributed by atoms with E-state index in [0.717, 1.165) is 5.56 Å². The van der Waals surface area contributed by atoms with Crippen LogP contribution in [0.15, 0.2) is 42.5 Å². The van der Waals surface area contributed by atoms with Gasteiger partial charge in [0.05, 0.1) is 19.1 Å². The number of nitrogens with zero attached hydrogens (tertiary/aromatic N) is 1. The zero-order chi connectivity index (χ0) is 18.2. The summed E-state index contributed by atoms with van der Waals surface area (Å²) >= 11 is 0. The van der Waals surface area contributed by atoms with Crippen LogP contribution in [0.3, 0.4) is 0 Å². The Morgan fingerprint density at radius 3 is 2.52 bits per heavy atom. The van der Waals surface area contributed by atoms with Crippen molar-refractivity contribution < 1.29 is 19.2 Å². The Kier molecular flexibility index (Phi) is 6.16. The van der Waals surface area contributed by atoms with E-state index in [0.29, 0.717) is 17.1 Å². The molecule has 2 rings (SSSR count). The molecule has 0 aromatic heterocycles. The van der Waals surface area contributed by atoms with Crippen LogP contribution in [0.1, 0.15) is 11.1 Å². The molecule has 0 unspecified atom stereocenters. The van der Waals surface area contributed by atoms with Gasteiger partial charge in [-0.2, -0.15) is 0 Å². The largest absolute Gasteiger partial charge is 0.497 e. The monoisotopic (exact) mass is 345 g/mol. The Labute approximate surface area is 144 Å². The number of methoxy groups -OCH3 is 2. The maximum Gasteiger partial charge on any atom is 0.315 e. The number of amides is 2. The second kappa shape index (κ2) is 8.53. The standard InChI is InChI=1S/C17H19N3O5/c1-24-15-7-6-13(16(9-15)25-2)11-19-17(21)18-10-12-4-3-5-14(8-12)20(22)23/h3-9H,10-11H2,1-2H3,(H2,18,19,21). The van der Waals surface area contributed by atoms with E-state index in [9.17, 15) is 14.9 Å². The molecule has 0 radical (unpaired) electrons. The number of urea groups is 1. The summed E-state index contributed by atoms with van der Waals surface area (Å²) in [5.41, 5.74) is 1.43. The van der Waals surface area contributed by atoms with Crippen LogP contribution in [0.4, 0.5) is 10.5 Å². The van der Waals surface area contributed by atoms with E-state index in [4.69, 9.17) is 9.47 Å². The van der Waals surface area contributed by atoms with Crippen molar-refractivity contribution in [2.24, 2.45) is 0 Å². The first-order valence-electron chi connectivity index (χ1n) is 7.49. The van der Waals surface area contributed by atoms with E-state index in [1.165, 1.54) is 12.1 Å². The third kappa shape index (κ3) is 5.10. The number of carbonyl (C=O) groups excluding carboxylic acids is 1. The number of non-ortho nitro benzene ring substituents is 1. The fourth-order valence-corrected chi connectivity index (χ4v) is 2.20. The van der Waals surface area contributed by atoms with E-state index in [2.05, 4.69) is 10.6 Å². The first-order valence-corrected chi connectivity index (χ1v) is 7.49. The van der Waals surface area contributed by atoms with Crippen molar-refractivity contribution in [3.63, 3.8) is 0 Å². The zero-order valence-corrected chi connectivity index (χ0v) is 13.9. The summed E-state index contributed by atoms with van der Waals surface area (Å²) in [6.07, 6.45) is 0. The van der Waals surface area contributed by atoms with Gasteiger partial charge in [0.25, 0.3) is 5.69 Å². The first kappa shape index (κ1) is 18.1. The summed E-state index contributed by atoms with van der Waals surface area (Å²) in [5, 5.41) is 16.1. The minimum absolute atomic E-state index is 0.0114. The fraction of sp³-hybridized carbons (Fsp3) is 0.235. The lowest BCUT2D eigenvalue weighted by Crippen LogP contribution is -2.34. The number of benzene rings is 2. The SMILES string of the molecule is COc1ccc(CNC(=O)NCc2cccc([N+](=O)[O-])c2)c(OC)c1. The second-order valence-corrected chi connectivity index (χ2v) is 5.14. The minimum Gasteiger partial charge on any atom is -0.497 e. The number of nitrogens with one attached hydrogen (secondary N) is 2. The van der Waals surface area contributed by atoms with Gasteiger partial charge in [0.15, 0.2) is 0 Å². The van der Waals surface area contributed by atoms with Crippen molar-refractivity contribution in [3.05, 3.63) is 63.7 Å². The van der Waals surface area contributed by atoms with Crippen LogP contribution in [0.5, 0.6) is 11.5 Å². The normalized spacial score (nSPS) is 10.0. The van der Waals surface area contributed by atoms with Gasteiger partial charge >= 0.3 is 6.03 Å². The third-order valence-electron chi connectivity index (χ3n) is 3.51. The molecule has 0 saturated carbocycles.